The Labute approximate surface area is 192 Å². The number of ketones is 1. The molecule has 0 heterocycles. The molecule has 7 nitrogen and oxygen atoms in total. The van der Waals surface area contributed by atoms with Gasteiger partial charge in [-0.05, 0) is 23.1 Å². The Kier molecular flexibility index (Phi) is 9.14. The van der Waals surface area contributed by atoms with Gasteiger partial charge in [0.15, 0.2) is 18.2 Å². The highest BCUT2D eigenvalue weighted by Crippen LogP contribution is 2.11. The van der Waals surface area contributed by atoms with Crippen molar-refractivity contribution in [3.8, 4) is 0 Å². The van der Waals surface area contributed by atoms with E-state index in [0.29, 0.717) is 0 Å². The quantitative estimate of drug-likeness (QED) is 0.389. The van der Waals surface area contributed by atoms with E-state index in [-0.39, 0.29) is 19.6 Å². The molecule has 2 unspecified atom stereocenters. The Hall–Kier alpha value is -3.52. The van der Waals surface area contributed by atoms with E-state index in [1.807, 2.05) is 54.6 Å². The van der Waals surface area contributed by atoms with Gasteiger partial charge in [-0.1, -0.05) is 91.0 Å². The normalized spacial score (nSPS) is 13.5. The largest absolute Gasteiger partial charge is 0.445 e. The van der Waals surface area contributed by atoms with Crippen LogP contribution in [0.5, 0.6) is 0 Å². The molecule has 0 spiro atoms. The number of alkyl carbamates (subject to hydrolysis) is 1. The van der Waals surface area contributed by atoms with Gasteiger partial charge in [0.2, 0.25) is 0 Å². The summed E-state index contributed by atoms with van der Waals surface area (Å²) in [7, 11) is 0. The molecule has 7 heteroatoms. The van der Waals surface area contributed by atoms with Gasteiger partial charge in [0, 0.05) is 0 Å². The Bertz CT molecular complexity index is 997. The summed E-state index contributed by atoms with van der Waals surface area (Å²) in [6, 6.07) is 26.1. The molecular formula is C26H27NO6. The second-order valence-corrected chi connectivity index (χ2v) is 7.48. The molecule has 1 amide bonds. The van der Waals surface area contributed by atoms with Crippen LogP contribution < -0.4 is 5.32 Å². The maximum Gasteiger partial charge on any atom is 0.408 e. The van der Waals surface area contributed by atoms with Gasteiger partial charge in [0.1, 0.15) is 6.61 Å². The van der Waals surface area contributed by atoms with Crippen molar-refractivity contribution >= 4 is 11.9 Å². The number of amides is 1. The maximum atomic E-state index is 12.9. The van der Waals surface area contributed by atoms with Gasteiger partial charge in [0.25, 0.3) is 0 Å². The standard InChI is InChI=1S/C26H27NO6/c28-23(24(29)25(30)32-17-20-12-6-2-7-13-20)22(16-19-10-4-1-5-11-19)27-26(31)33-18-21-14-8-3-9-15-21/h1-15,22,24-25,29-30H,16-18H2,(H,27,31)/t22-,24?,25?/m0/s1. The van der Waals surface area contributed by atoms with Gasteiger partial charge in [-0.15, -0.1) is 0 Å². The first-order chi connectivity index (χ1) is 16.0. The lowest BCUT2D eigenvalue weighted by Crippen LogP contribution is -2.50. The summed E-state index contributed by atoms with van der Waals surface area (Å²) < 4.78 is 10.5. The minimum atomic E-state index is -1.85. The molecular weight excluding hydrogens is 422 g/mol. The molecule has 0 aliphatic heterocycles. The maximum absolute atomic E-state index is 12.9. The molecule has 0 bridgehead atoms. The zero-order chi connectivity index (χ0) is 23.5. The number of hydrogen-bond acceptors (Lipinski definition) is 6. The highest BCUT2D eigenvalue weighted by Gasteiger charge is 2.33. The van der Waals surface area contributed by atoms with Crippen LogP contribution >= 0.6 is 0 Å². The molecule has 0 aromatic heterocycles. The molecule has 172 valence electrons. The van der Waals surface area contributed by atoms with E-state index in [1.165, 1.54) is 0 Å². The minimum absolute atomic E-state index is 0.0161. The SMILES string of the molecule is O=C(N[C@@H](Cc1ccccc1)C(=O)C(O)C(O)OCc1ccccc1)OCc1ccccc1. The van der Waals surface area contributed by atoms with Gasteiger partial charge < -0.3 is 25.0 Å². The van der Waals surface area contributed by atoms with Crippen molar-refractivity contribution < 1.29 is 29.3 Å². The number of ether oxygens (including phenoxy) is 2. The molecule has 33 heavy (non-hydrogen) atoms. The summed E-state index contributed by atoms with van der Waals surface area (Å²) in [6.45, 7) is 0.0481. The smallest absolute Gasteiger partial charge is 0.408 e. The number of nitrogens with one attached hydrogen (secondary N) is 1. The average molecular weight is 450 g/mol. The lowest BCUT2D eigenvalue weighted by Gasteiger charge is -2.23. The lowest BCUT2D eigenvalue weighted by atomic mass is 9.99. The van der Waals surface area contributed by atoms with Crippen LogP contribution in [0.1, 0.15) is 16.7 Å². The van der Waals surface area contributed by atoms with E-state index in [2.05, 4.69) is 5.32 Å². The van der Waals surface area contributed by atoms with E-state index in [1.54, 1.807) is 36.4 Å². The van der Waals surface area contributed by atoms with Crippen molar-refractivity contribution in [3.05, 3.63) is 108 Å². The first-order valence-corrected chi connectivity index (χ1v) is 10.6. The Morgan fingerprint density at radius 2 is 1.21 bits per heavy atom. The molecule has 0 aliphatic carbocycles. The lowest BCUT2D eigenvalue weighted by molar-refractivity contribution is -0.178. The summed E-state index contributed by atoms with van der Waals surface area (Å²) in [5.41, 5.74) is 2.34. The number of benzene rings is 3. The van der Waals surface area contributed by atoms with Crippen LogP contribution in [0.3, 0.4) is 0 Å². The second-order valence-electron chi connectivity index (χ2n) is 7.48. The van der Waals surface area contributed by atoms with Crippen molar-refractivity contribution in [1.29, 1.82) is 0 Å². The van der Waals surface area contributed by atoms with Crippen LogP contribution in [0.4, 0.5) is 4.79 Å². The van der Waals surface area contributed by atoms with Crippen molar-refractivity contribution in [3.63, 3.8) is 0 Å². The van der Waals surface area contributed by atoms with Crippen molar-refractivity contribution in [1.82, 2.24) is 5.32 Å². The molecule has 3 aromatic rings. The molecule has 0 saturated heterocycles. The number of aliphatic hydroxyl groups excluding tert-OH is 2. The average Bonchev–Trinajstić information content (AvgIpc) is 2.86. The van der Waals surface area contributed by atoms with Gasteiger partial charge in [-0.3, -0.25) is 4.79 Å². The molecule has 3 rings (SSSR count). The molecule has 3 atom stereocenters. The fourth-order valence-electron chi connectivity index (χ4n) is 3.17. The van der Waals surface area contributed by atoms with Crippen molar-refractivity contribution in [2.45, 2.75) is 38.1 Å². The van der Waals surface area contributed by atoms with Crippen LogP contribution in [0.15, 0.2) is 91.0 Å². The summed E-state index contributed by atoms with van der Waals surface area (Å²) in [5.74, 6) is -0.781. The van der Waals surface area contributed by atoms with Gasteiger partial charge in [0.05, 0.1) is 12.6 Å². The Morgan fingerprint density at radius 1 is 0.727 bits per heavy atom. The van der Waals surface area contributed by atoms with Crippen LogP contribution in [0.2, 0.25) is 0 Å². The summed E-state index contributed by atoms with van der Waals surface area (Å²) in [4.78, 5) is 25.3. The summed E-state index contributed by atoms with van der Waals surface area (Å²) >= 11 is 0. The first-order valence-electron chi connectivity index (χ1n) is 10.6. The third kappa shape index (κ3) is 7.84. The monoisotopic (exact) mass is 449 g/mol. The van der Waals surface area contributed by atoms with E-state index in [0.717, 1.165) is 16.7 Å². The molecule has 3 aromatic carbocycles. The summed E-state index contributed by atoms with van der Waals surface area (Å²) in [6.07, 6.45) is -4.29. The number of carbonyl (C=O) groups excluding carboxylic acids is 2. The van der Waals surface area contributed by atoms with E-state index >= 15 is 0 Å². The van der Waals surface area contributed by atoms with Crippen molar-refractivity contribution in [2.24, 2.45) is 0 Å². The number of hydrogen-bond donors (Lipinski definition) is 3. The predicted molar refractivity (Wildman–Crippen MR) is 122 cm³/mol. The fourth-order valence-corrected chi connectivity index (χ4v) is 3.17. The van der Waals surface area contributed by atoms with Crippen LogP contribution in [0, 0.1) is 0 Å². The Morgan fingerprint density at radius 3 is 1.76 bits per heavy atom. The topological polar surface area (TPSA) is 105 Å². The van der Waals surface area contributed by atoms with Gasteiger partial charge in [-0.25, -0.2) is 4.79 Å². The van der Waals surface area contributed by atoms with Gasteiger partial charge in [-0.2, -0.15) is 0 Å². The van der Waals surface area contributed by atoms with Crippen LogP contribution in [0.25, 0.3) is 0 Å². The third-order valence-corrected chi connectivity index (χ3v) is 4.96. The molecule has 0 radical (unpaired) electrons. The molecule has 0 fully saturated rings. The number of rotatable bonds is 11. The summed E-state index contributed by atoms with van der Waals surface area (Å²) in [5, 5.41) is 23.1. The highest BCUT2D eigenvalue weighted by molar-refractivity contribution is 5.91. The number of carbonyl (C=O) groups is 2. The molecule has 0 aliphatic rings. The third-order valence-electron chi connectivity index (χ3n) is 4.96. The molecule has 0 saturated carbocycles. The van der Waals surface area contributed by atoms with E-state index in [4.69, 9.17) is 9.47 Å². The zero-order valence-electron chi connectivity index (χ0n) is 18.0. The minimum Gasteiger partial charge on any atom is -0.445 e. The van der Waals surface area contributed by atoms with Crippen LogP contribution in [-0.2, 0) is 33.9 Å². The fraction of sp³-hybridized carbons (Fsp3) is 0.231. The zero-order valence-corrected chi connectivity index (χ0v) is 18.0. The van der Waals surface area contributed by atoms with Crippen molar-refractivity contribution in [2.75, 3.05) is 0 Å². The number of aliphatic hydroxyl groups is 2. The molecule has 3 N–H and O–H groups in total. The first kappa shape index (κ1) is 24.1. The Balaban J connectivity index is 1.62. The number of Topliss-reactive ketones (excluding diaryl/α,β-unsaturated/α-hetero) is 1. The second kappa shape index (κ2) is 12.5. The van der Waals surface area contributed by atoms with Gasteiger partial charge >= 0.3 is 6.09 Å². The van der Waals surface area contributed by atoms with E-state index in [9.17, 15) is 19.8 Å². The highest BCUT2D eigenvalue weighted by atomic mass is 16.6. The predicted octanol–water partition coefficient (Wildman–Crippen LogP) is 2.99. The van der Waals surface area contributed by atoms with Crippen LogP contribution in [-0.4, -0.2) is 40.5 Å². The van der Waals surface area contributed by atoms with E-state index < -0.39 is 30.3 Å².